The summed E-state index contributed by atoms with van der Waals surface area (Å²) in [5.41, 5.74) is 0.865. The fourth-order valence-electron chi connectivity index (χ4n) is 2.53. The largest absolute Gasteiger partial charge is 0.352 e. The zero-order valence-corrected chi connectivity index (χ0v) is 15.1. The molecule has 1 saturated heterocycles. The van der Waals surface area contributed by atoms with Crippen LogP contribution in [0.4, 0.5) is 0 Å². The number of nitrogens with one attached hydrogen (secondary N) is 1. The van der Waals surface area contributed by atoms with E-state index >= 15 is 0 Å². The van der Waals surface area contributed by atoms with E-state index in [1.165, 1.54) is 11.4 Å². The maximum atomic E-state index is 12.2. The number of sulfone groups is 1. The Morgan fingerprint density at radius 3 is 2.54 bits per heavy atom. The molecule has 2 rings (SSSR count). The Balaban J connectivity index is 1.82. The lowest BCUT2D eigenvalue weighted by Gasteiger charge is -2.17. The molecule has 0 aromatic heterocycles. The quantitative estimate of drug-likeness (QED) is 0.732. The SMILES string of the molecule is CN(Cc1ccccc1)S(=O)(=O)CCC(=O)NC1CCS(=O)(=O)C1. The molecule has 24 heavy (non-hydrogen) atoms. The topological polar surface area (TPSA) is 101 Å². The van der Waals surface area contributed by atoms with Gasteiger partial charge < -0.3 is 5.32 Å². The van der Waals surface area contributed by atoms with Crippen LogP contribution in [-0.4, -0.2) is 57.4 Å². The molecule has 1 aliphatic rings. The summed E-state index contributed by atoms with van der Waals surface area (Å²) in [5.74, 6) is -0.745. The minimum absolute atomic E-state index is 0.0655. The van der Waals surface area contributed by atoms with E-state index in [0.29, 0.717) is 6.42 Å². The van der Waals surface area contributed by atoms with Crippen LogP contribution in [0.2, 0.25) is 0 Å². The normalized spacial score (nSPS) is 20.2. The molecule has 9 heteroatoms. The summed E-state index contributed by atoms with van der Waals surface area (Å²) in [6.07, 6.45) is 0.201. The number of carbonyl (C=O) groups excluding carboxylic acids is 1. The number of benzene rings is 1. The van der Waals surface area contributed by atoms with Gasteiger partial charge in [0.25, 0.3) is 0 Å². The fraction of sp³-hybridized carbons (Fsp3) is 0.533. The summed E-state index contributed by atoms with van der Waals surface area (Å²) in [6.45, 7) is 0.242. The first-order valence-corrected chi connectivity index (χ1v) is 11.1. The fourth-order valence-corrected chi connectivity index (χ4v) is 5.30. The van der Waals surface area contributed by atoms with Gasteiger partial charge in [-0.2, -0.15) is 0 Å². The summed E-state index contributed by atoms with van der Waals surface area (Å²) in [4.78, 5) is 11.8. The Hall–Kier alpha value is -1.45. The van der Waals surface area contributed by atoms with Crippen molar-refractivity contribution in [2.75, 3.05) is 24.3 Å². The Bertz CT molecular complexity index is 775. The molecule has 1 aromatic carbocycles. The van der Waals surface area contributed by atoms with Crippen LogP contribution in [0.3, 0.4) is 0 Å². The molecule has 1 heterocycles. The molecule has 0 bridgehead atoms. The lowest BCUT2D eigenvalue weighted by molar-refractivity contribution is -0.121. The Kier molecular flexibility index (Phi) is 6.00. The molecule has 0 saturated carbocycles. The number of carbonyl (C=O) groups is 1. The number of rotatable bonds is 7. The number of sulfonamides is 1. The van der Waals surface area contributed by atoms with Crippen molar-refractivity contribution in [2.24, 2.45) is 0 Å². The van der Waals surface area contributed by atoms with Crippen molar-refractivity contribution in [1.29, 1.82) is 0 Å². The lowest BCUT2D eigenvalue weighted by atomic mass is 10.2. The molecule has 134 valence electrons. The number of nitrogens with zero attached hydrogens (tertiary/aromatic N) is 1. The Labute approximate surface area is 143 Å². The molecular formula is C15H22N2O5S2. The van der Waals surface area contributed by atoms with Gasteiger partial charge in [-0.25, -0.2) is 21.1 Å². The van der Waals surface area contributed by atoms with Crippen LogP contribution in [0.15, 0.2) is 30.3 Å². The van der Waals surface area contributed by atoms with E-state index in [1.54, 1.807) is 0 Å². The maximum absolute atomic E-state index is 12.2. The van der Waals surface area contributed by atoms with Crippen LogP contribution in [0.5, 0.6) is 0 Å². The summed E-state index contributed by atoms with van der Waals surface area (Å²) in [7, 11) is -5.15. The van der Waals surface area contributed by atoms with Crippen molar-refractivity contribution >= 4 is 25.8 Å². The first kappa shape index (κ1) is 18.9. The van der Waals surface area contributed by atoms with Gasteiger partial charge in [0, 0.05) is 26.1 Å². The van der Waals surface area contributed by atoms with Gasteiger partial charge in [0.15, 0.2) is 9.84 Å². The van der Waals surface area contributed by atoms with Crippen LogP contribution < -0.4 is 5.32 Å². The van der Waals surface area contributed by atoms with Crippen LogP contribution >= 0.6 is 0 Å². The van der Waals surface area contributed by atoms with E-state index < -0.39 is 31.8 Å². The minimum atomic E-state index is -3.56. The highest BCUT2D eigenvalue weighted by Crippen LogP contribution is 2.12. The van der Waals surface area contributed by atoms with Gasteiger partial charge in [-0.15, -0.1) is 0 Å². The standard InChI is InChI=1S/C15H22N2O5S2/c1-17(11-13-5-3-2-4-6-13)24(21,22)10-8-15(18)16-14-7-9-23(19,20)12-14/h2-6,14H,7-12H2,1H3,(H,16,18). The highest BCUT2D eigenvalue weighted by molar-refractivity contribution is 7.91. The monoisotopic (exact) mass is 374 g/mol. The molecule has 1 fully saturated rings. The summed E-state index contributed by atoms with van der Waals surface area (Å²) in [5, 5.41) is 2.59. The van der Waals surface area contributed by atoms with Gasteiger partial charge in [-0.3, -0.25) is 4.79 Å². The van der Waals surface area contributed by atoms with Gasteiger partial charge in [0.05, 0.1) is 17.3 Å². The van der Waals surface area contributed by atoms with E-state index in [2.05, 4.69) is 5.32 Å². The smallest absolute Gasteiger partial charge is 0.221 e. The zero-order valence-electron chi connectivity index (χ0n) is 13.5. The minimum Gasteiger partial charge on any atom is -0.352 e. The van der Waals surface area contributed by atoms with E-state index in [-0.39, 0.29) is 30.2 Å². The van der Waals surface area contributed by atoms with Crippen molar-refractivity contribution in [3.05, 3.63) is 35.9 Å². The zero-order chi connectivity index (χ0) is 17.8. The first-order valence-electron chi connectivity index (χ1n) is 7.66. The average Bonchev–Trinajstić information content (AvgIpc) is 2.85. The molecule has 1 aromatic rings. The molecule has 0 radical (unpaired) electrons. The number of hydrogen-bond donors (Lipinski definition) is 1. The second-order valence-electron chi connectivity index (χ2n) is 5.98. The van der Waals surface area contributed by atoms with Gasteiger partial charge >= 0.3 is 0 Å². The lowest BCUT2D eigenvalue weighted by Crippen LogP contribution is -2.37. The molecular weight excluding hydrogens is 352 g/mol. The van der Waals surface area contributed by atoms with E-state index in [9.17, 15) is 21.6 Å². The van der Waals surface area contributed by atoms with Crippen molar-refractivity contribution < 1.29 is 21.6 Å². The Morgan fingerprint density at radius 1 is 1.29 bits per heavy atom. The summed E-state index contributed by atoms with van der Waals surface area (Å²) < 4.78 is 48.4. The molecule has 0 spiro atoms. The predicted octanol–water partition coefficient (Wildman–Crippen LogP) is 0.142. The Morgan fingerprint density at radius 2 is 1.96 bits per heavy atom. The average molecular weight is 374 g/mol. The molecule has 1 unspecified atom stereocenters. The third-order valence-electron chi connectivity index (χ3n) is 3.91. The highest BCUT2D eigenvalue weighted by Gasteiger charge is 2.29. The van der Waals surface area contributed by atoms with Crippen molar-refractivity contribution in [3.8, 4) is 0 Å². The summed E-state index contributed by atoms with van der Waals surface area (Å²) in [6, 6.07) is 8.77. The van der Waals surface area contributed by atoms with Gasteiger partial charge in [-0.05, 0) is 12.0 Å². The molecule has 1 N–H and O–H groups in total. The summed E-state index contributed by atoms with van der Waals surface area (Å²) >= 11 is 0. The van der Waals surface area contributed by atoms with E-state index in [0.717, 1.165) is 5.56 Å². The van der Waals surface area contributed by atoms with Gasteiger partial charge in [0.1, 0.15) is 0 Å². The first-order chi connectivity index (χ1) is 11.2. The molecule has 7 nitrogen and oxygen atoms in total. The van der Waals surface area contributed by atoms with Crippen molar-refractivity contribution in [1.82, 2.24) is 9.62 Å². The third kappa shape index (κ3) is 5.57. The van der Waals surface area contributed by atoms with Gasteiger partial charge in [0.2, 0.25) is 15.9 Å². The van der Waals surface area contributed by atoms with E-state index in [1.807, 2.05) is 30.3 Å². The van der Waals surface area contributed by atoms with Crippen LogP contribution in [0, 0.1) is 0 Å². The third-order valence-corrected chi connectivity index (χ3v) is 7.47. The second kappa shape index (κ2) is 7.62. The van der Waals surface area contributed by atoms with Crippen LogP contribution in [-0.2, 0) is 31.2 Å². The van der Waals surface area contributed by atoms with Crippen LogP contribution in [0.1, 0.15) is 18.4 Å². The van der Waals surface area contributed by atoms with Crippen molar-refractivity contribution in [2.45, 2.75) is 25.4 Å². The van der Waals surface area contributed by atoms with E-state index in [4.69, 9.17) is 0 Å². The van der Waals surface area contributed by atoms with Crippen molar-refractivity contribution in [3.63, 3.8) is 0 Å². The molecule has 1 atom stereocenters. The van der Waals surface area contributed by atoms with Crippen LogP contribution in [0.25, 0.3) is 0 Å². The molecule has 1 amide bonds. The highest BCUT2D eigenvalue weighted by atomic mass is 32.2. The molecule has 0 aliphatic carbocycles. The number of hydrogen-bond acceptors (Lipinski definition) is 5. The number of amides is 1. The maximum Gasteiger partial charge on any atom is 0.221 e. The second-order valence-corrected chi connectivity index (χ2v) is 10.4. The van der Waals surface area contributed by atoms with Gasteiger partial charge in [-0.1, -0.05) is 30.3 Å². The predicted molar refractivity (Wildman–Crippen MR) is 91.5 cm³/mol. The molecule has 1 aliphatic heterocycles.